The molecule has 42 valence electrons. The second-order valence-electron chi connectivity index (χ2n) is 1.12. The number of aromatic amines is 1. The zero-order valence-corrected chi connectivity index (χ0v) is 4.84. The molecule has 1 heterocycles. The molecule has 0 radical (unpaired) electrons. The third-order valence-corrected chi connectivity index (χ3v) is 0.723. The minimum Gasteiger partial charge on any atom is -0.283 e. The topological polar surface area (TPSA) is 53.4 Å². The Labute approximate surface area is 51.6 Å². The van der Waals surface area contributed by atoms with Crippen molar-refractivity contribution in [1.29, 1.82) is 0 Å². The highest BCUT2D eigenvalue weighted by Crippen LogP contribution is 2.04. The van der Waals surface area contributed by atoms with Crippen LogP contribution in [-0.2, 0) is 0 Å². The van der Waals surface area contributed by atoms with Gasteiger partial charge in [0.05, 0.1) is 0 Å². The van der Waals surface area contributed by atoms with Gasteiger partial charge in [0.15, 0.2) is 5.82 Å². The van der Waals surface area contributed by atoms with Crippen LogP contribution in [0.2, 0.25) is 0 Å². The van der Waals surface area contributed by atoms with E-state index in [0.717, 1.165) is 0 Å². The molecule has 0 saturated carbocycles. The SMILES string of the molecule is SN=Nc1cc[nH]n1. The van der Waals surface area contributed by atoms with Crippen LogP contribution >= 0.6 is 12.8 Å². The Morgan fingerprint density at radius 2 is 2.62 bits per heavy atom. The van der Waals surface area contributed by atoms with Gasteiger partial charge in [0.1, 0.15) is 0 Å². The van der Waals surface area contributed by atoms with Gasteiger partial charge in [-0.25, -0.2) is 0 Å². The van der Waals surface area contributed by atoms with Gasteiger partial charge in [-0.15, -0.1) is 9.63 Å². The maximum absolute atomic E-state index is 3.67. The maximum atomic E-state index is 3.67. The molecular weight excluding hydrogens is 124 g/mol. The molecule has 0 aromatic carbocycles. The molecule has 0 bridgehead atoms. The summed E-state index contributed by atoms with van der Waals surface area (Å²) in [7, 11) is 0. The molecule has 0 spiro atoms. The van der Waals surface area contributed by atoms with Gasteiger partial charge in [-0.1, -0.05) is 0 Å². The molecule has 0 saturated heterocycles. The number of nitrogens with one attached hydrogen (secondary N) is 1. The Bertz CT molecular complexity index is 167. The fourth-order valence-corrected chi connectivity index (χ4v) is 0.446. The number of hydrogen-bond donors (Lipinski definition) is 2. The van der Waals surface area contributed by atoms with Gasteiger partial charge < -0.3 is 0 Å². The lowest BCUT2D eigenvalue weighted by Gasteiger charge is -1.71. The summed E-state index contributed by atoms with van der Waals surface area (Å²) >= 11 is 3.51. The van der Waals surface area contributed by atoms with Crippen molar-refractivity contribution in [3.05, 3.63) is 12.3 Å². The van der Waals surface area contributed by atoms with E-state index in [9.17, 15) is 0 Å². The summed E-state index contributed by atoms with van der Waals surface area (Å²) in [6.45, 7) is 0. The predicted molar refractivity (Wildman–Crippen MR) is 32.1 cm³/mol. The van der Waals surface area contributed by atoms with Crippen LogP contribution in [0.4, 0.5) is 5.82 Å². The fraction of sp³-hybridized carbons (Fsp3) is 0. The van der Waals surface area contributed by atoms with E-state index in [1.54, 1.807) is 12.3 Å². The van der Waals surface area contributed by atoms with Crippen molar-refractivity contribution in [3.63, 3.8) is 0 Å². The van der Waals surface area contributed by atoms with Gasteiger partial charge >= 0.3 is 0 Å². The van der Waals surface area contributed by atoms with Crippen molar-refractivity contribution in [1.82, 2.24) is 10.2 Å². The first kappa shape index (κ1) is 5.30. The second kappa shape index (κ2) is 2.46. The summed E-state index contributed by atoms with van der Waals surface area (Å²) in [5.41, 5.74) is 0. The third-order valence-electron chi connectivity index (χ3n) is 0.633. The first-order valence-corrected chi connectivity index (χ1v) is 2.38. The standard InChI is InChI=1S/C3H4N4S/c8-7-6-3-1-2-4-5-3/h1-2H,(H2,4,5,6,8). The van der Waals surface area contributed by atoms with Crippen LogP contribution in [0.15, 0.2) is 21.9 Å². The lowest BCUT2D eigenvalue weighted by atomic mass is 10.7. The molecule has 4 nitrogen and oxygen atoms in total. The summed E-state index contributed by atoms with van der Waals surface area (Å²) in [4.78, 5) is 0. The molecule has 0 fully saturated rings. The number of H-pyrrole nitrogens is 1. The van der Waals surface area contributed by atoms with Crippen molar-refractivity contribution in [2.75, 3.05) is 0 Å². The molecule has 1 rings (SSSR count). The lowest BCUT2D eigenvalue weighted by Crippen LogP contribution is -1.60. The highest BCUT2D eigenvalue weighted by atomic mass is 32.1. The van der Waals surface area contributed by atoms with E-state index in [1.807, 2.05) is 0 Å². The van der Waals surface area contributed by atoms with Crippen molar-refractivity contribution in [2.24, 2.45) is 9.63 Å². The number of nitrogens with zero attached hydrogens (tertiary/aromatic N) is 3. The molecule has 0 aliphatic carbocycles. The summed E-state index contributed by atoms with van der Waals surface area (Å²) in [5, 5.41) is 9.76. The van der Waals surface area contributed by atoms with Gasteiger partial charge in [0.2, 0.25) is 0 Å². The zero-order chi connectivity index (χ0) is 5.82. The molecule has 0 amide bonds. The van der Waals surface area contributed by atoms with Crippen LogP contribution in [-0.4, -0.2) is 10.2 Å². The van der Waals surface area contributed by atoms with E-state index >= 15 is 0 Å². The summed E-state index contributed by atoms with van der Waals surface area (Å²) in [6, 6.07) is 1.69. The van der Waals surface area contributed by atoms with Crippen LogP contribution < -0.4 is 0 Å². The highest BCUT2D eigenvalue weighted by Gasteiger charge is 1.84. The smallest absolute Gasteiger partial charge is 0.196 e. The second-order valence-corrected chi connectivity index (χ2v) is 1.30. The van der Waals surface area contributed by atoms with Gasteiger partial charge in [-0.05, 0) is 12.8 Å². The van der Waals surface area contributed by atoms with Gasteiger partial charge in [0.25, 0.3) is 0 Å². The van der Waals surface area contributed by atoms with Gasteiger partial charge in [-0.3, -0.25) is 5.10 Å². The zero-order valence-electron chi connectivity index (χ0n) is 3.94. The minimum atomic E-state index is 0.542. The Morgan fingerprint density at radius 3 is 3.12 bits per heavy atom. The van der Waals surface area contributed by atoms with E-state index in [-0.39, 0.29) is 0 Å². The quantitative estimate of drug-likeness (QED) is 0.435. The largest absolute Gasteiger partial charge is 0.283 e. The van der Waals surface area contributed by atoms with Crippen molar-refractivity contribution in [3.8, 4) is 0 Å². The summed E-state index contributed by atoms with van der Waals surface area (Å²) in [6.07, 6.45) is 1.66. The van der Waals surface area contributed by atoms with Gasteiger partial charge in [0, 0.05) is 12.3 Å². The minimum absolute atomic E-state index is 0.542. The molecule has 0 atom stereocenters. The average Bonchev–Trinajstić information content (AvgIpc) is 2.19. The summed E-state index contributed by atoms with van der Waals surface area (Å²) in [5.74, 6) is 0.542. The van der Waals surface area contributed by atoms with Gasteiger partial charge in [-0.2, -0.15) is 5.10 Å². The van der Waals surface area contributed by atoms with Crippen molar-refractivity contribution in [2.45, 2.75) is 0 Å². The molecule has 1 aromatic heterocycles. The van der Waals surface area contributed by atoms with Crippen molar-refractivity contribution < 1.29 is 0 Å². The first-order chi connectivity index (χ1) is 3.93. The van der Waals surface area contributed by atoms with E-state index < -0.39 is 0 Å². The molecule has 5 heteroatoms. The monoisotopic (exact) mass is 128 g/mol. The number of hydrogen-bond acceptors (Lipinski definition) is 3. The van der Waals surface area contributed by atoms with E-state index in [0.29, 0.717) is 5.82 Å². The van der Waals surface area contributed by atoms with Crippen LogP contribution in [0, 0.1) is 0 Å². The Morgan fingerprint density at radius 1 is 1.75 bits per heavy atom. The molecular formula is C3H4N4S. The number of thiol groups is 1. The van der Waals surface area contributed by atoms with Crippen molar-refractivity contribution >= 4 is 18.6 Å². The van der Waals surface area contributed by atoms with Crippen LogP contribution in [0.1, 0.15) is 0 Å². The van der Waals surface area contributed by atoms with E-state index in [2.05, 4.69) is 32.6 Å². The predicted octanol–water partition coefficient (Wildman–Crippen LogP) is 1.34. The molecule has 1 N–H and O–H groups in total. The van der Waals surface area contributed by atoms with Crippen LogP contribution in [0.5, 0.6) is 0 Å². The molecule has 8 heavy (non-hydrogen) atoms. The number of aromatic nitrogens is 2. The Kier molecular flexibility index (Phi) is 1.63. The fourth-order valence-electron chi connectivity index (χ4n) is 0.354. The lowest BCUT2D eigenvalue weighted by molar-refractivity contribution is 1.07. The molecule has 0 aliphatic heterocycles. The highest BCUT2D eigenvalue weighted by molar-refractivity contribution is 7.78. The number of rotatable bonds is 1. The Hall–Kier alpha value is -0.840. The maximum Gasteiger partial charge on any atom is 0.196 e. The normalized spacial score (nSPS) is 10.6. The molecule has 0 unspecified atom stereocenters. The van der Waals surface area contributed by atoms with E-state index in [4.69, 9.17) is 0 Å². The third kappa shape index (κ3) is 1.06. The Balaban J connectivity index is 2.77. The average molecular weight is 128 g/mol. The van der Waals surface area contributed by atoms with E-state index in [1.165, 1.54) is 0 Å². The first-order valence-electron chi connectivity index (χ1n) is 1.98. The summed E-state index contributed by atoms with van der Waals surface area (Å²) < 4.78 is 3.22. The van der Waals surface area contributed by atoms with Crippen LogP contribution in [0.3, 0.4) is 0 Å². The van der Waals surface area contributed by atoms with Crippen LogP contribution in [0.25, 0.3) is 0 Å². The molecule has 1 aromatic rings. The molecule has 0 aliphatic rings.